The van der Waals surface area contributed by atoms with Gasteiger partial charge in [0.1, 0.15) is 0 Å². The van der Waals surface area contributed by atoms with E-state index in [1.807, 2.05) is 0 Å². The van der Waals surface area contributed by atoms with E-state index in [4.69, 9.17) is 8.83 Å². The summed E-state index contributed by atoms with van der Waals surface area (Å²) in [5, 5.41) is 8.11. The van der Waals surface area contributed by atoms with Gasteiger partial charge < -0.3 is 13.7 Å². The largest absolute Gasteiger partial charge is 0.438 e. The number of benzene rings is 1. The van der Waals surface area contributed by atoms with Crippen LogP contribution in [0.3, 0.4) is 0 Å². The highest BCUT2D eigenvalue weighted by atomic mass is 32.2. The third-order valence-electron chi connectivity index (χ3n) is 6.17. The summed E-state index contributed by atoms with van der Waals surface area (Å²) in [4.78, 5) is 2.20. The van der Waals surface area contributed by atoms with Crippen molar-refractivity contribution in [2.24, 2.45) is 0 Å². The predicted octanol–water partition coefficient (Wildman–Crippen LogP) is 3.81. The molecule has 9 heteroatoms. The molecule has 164 valence electrons. The number of anilines is 1. The molecule has 5 rings (SSSR count). The lowest BCUT2D eigenvalue weighted by molar-refractivity contribution is 0.361. The smallest absolute Gasteiger partial charge is 0.283 e. The molecular weight excluding hydrogens is 416 g/mol. The van der Waals surface area contributed by atoms with Crippen LogP contribution in [0.1, 0.15) is 43.1 Å². The topological polar surface area (TPSA) is 92.7 Å². The molecule has 0 amide bonds. The number of furan rings is 1. The van der Waals surface area contributed by atoms with Crippen LogP contribution in [0.4, 0.5) is 5.69 Å². The Kier molecular flexibility index (Phi) is 5.31. The molecule has 3 aromatic rings. The van der Waals surface area contributed by atoms with Crippen LogP contribution in [0.15, 0.2) is 50.3 Å². The molecule has 0 spiro atoms. The lowest BCUT2D eigenvalue weighted by atomic mass is 10.1. The van der Waals surface area contributed by atoms with E-state index < -0.39 is 10.0 Å². The van der Waals surface area contributed by atoms with Gasteiger partial charge in [-0.1, -0.05) is 30.5 Å². The van der Waals surface area contributed by atoms with Gasteiger partial charge in [0.2, 0.25) is 11.0 Å². The van der Waals surface area contributed by atoms with Gasteiger partial charge in [-0.15, -0.1) is 10.2 Å². The predicted molar refractivity (Wildman–Crippen MR) is 115 cm³/mol. The van der Waals surface area contributed by atoms with E-state index in [1.165, 1.54) is 28.8 Å². The molecule has 0 unspecified atom stereocenters. The second-order valence-electron chi connectivity index (χ2n) is 8.27. The zero-order valence-corrected chi connectivity index (χ0v) is 18.3. The second-order valence-corrected chi connectivity index (χ2v) is 10.1. The van der Waals surface area contributed by atoms with Gasteiger partial charge in [-0.2, -0.15) is 4.31 Å². The highest BCUT2D eigenvalue weighted by Crippen LogP contribution is 2.35. The molecule has 2 aliphatic rings. The number of aryl methyl sites for hydroxylation is 1. The fourth-order valence-corrected chi connectivity index (χ4v) is 5.65. The first-order valence-electron chi connectivity index (χ1n) is 10.8. The van der Waals surface area contributed by atoms with E-state index in [2.05, 4.69) is 46.3 Å². The first kappa shape index (κ1) is 20.3. The summed E-state index contributed by atoms with van der Waals surface area (Å²) in [6.07, 6.45) is 4.44. The number of nitrogens with zero attached hydrogens (tertiary/aromatic N) is 4. The lowest BCUT2D eigenvalue weighted by Gasteiger charge is -2.34. The summed E-state index contributed by atoms with van der Waals surface area (Å²) in [7, 11) is -3.72. The summed E-state index contributed by atoms with van der Waals surface area (Å²) in [5.41, 5.74) is 2.31. The summed E-state index contributed by atoms with van der Waals surface area (Å²) < 4.78 is 39.0. The fourth-order valence-electron chi connectivity index (χ4n) is 4.32. The number of aromatic nitrogens is 2. The summed E-state index contributed by atoms with van der Waals surface area (Å²) in [5.74, 6) is 1.42. The van der Waals surface area contributed by atoms with Gasteiger partial charge in [0.15, 0.2) is 5.76 Å². The van der Waals surface area contributed by atoms with Crippen LogP contribution in [-0.4, -0.2) is 49.1 Å². The molecular formula is C22H26N4O4S. The van der Waals surface area contributed by atoms with Gasteiger partial charge >= 0.3 is 0 Å². The molecule has 0 bridgehead atoms. The SMILES string of the molecule is Cc1ccc(N2CCN(S(=O)(=O)c3ccc(-c4nnc(C5CCCC5)o4)o3)CC2)cc1. The molecule has 1 saturated heterocycles. The molecule has 1 aliphatic carbocycles. The monoisotopic (exact) mass is 442 g/mol. The maximum Gasteiger partial charge on any atom is 0.283 e. The Bertz CT molecular complexity index is 1140. The first-order chi connectivity index (χ1) is 15.0. The van der Waals surface area contributed by atoms with Gasteiger partial charge in [-0.25, -0.2) is 8.42 Å². The summed E-state index contributed by atoms with van der Waals surface area (Å²) in [6, 6.07) is 11.3. The van der Waals surface area contributed by atoms with Crippen LogP contribution in [0.5, 0.6) is 0 Å². The molecule has 1 aliphatic heterocycles. The van der Waals surface area contributed by atoms with Crippen LogP contribution < -0.4 is 4.90 Å². The minimum absolute atomic E-state index is 0.0908. The van der Waals surface area contributed by atoms with Crippen LogP contribution in [0, 0.1) is 6.92 Å². The number of sulfonamides is 1. The molecule has 31 heavy (non-hydrogen) atoms. The van der Waals surface area contributed by atoms with Crippen molar-refractivity contribution in [3.8, 4) is 11.7 Å². The Morgan fingerprint density at radius 3 is 2.32 bits per heavy atom. The van der Waals surface area contributed by atoms with E-state index in [1.54, 1.807) is 6.07 Å². The van der Waals surface area contributed by atoms with Crippen LogP contribution >= 0.6 is 0 Å². The summed E-state index contributed by atoms with van der Waals surface area (Å²) >= 11 is 0. The Morgan fingerprint density at radius 2 is 1.61 bits per heavy atom. The minimum atomic E-state index is -3.72. The van der Waals surface area contributed by atoms with Crippen molar-refractivity contribution in [3.63, 3.8) is 0 Å². The Labute approximate surface area is 181 Å². The molecule has 3 heterocycles. The normalized spacial score (nSPS) is 18.7. The Balaban J connectivity index is 1.27. The van der Waals surface area contributed by atoms with Crippen molar-refractivity contribution >= 4 is 15.7 Å². The van der Waals surface area contributed by atoms with Crippen molar-refractivity contribution in [2.45, 2.75) is 43.6 Å². The van der Waals surface area contributed by atoms with Crippen molar-refractivity contribution in [1.82, 2.24) is 14.5 Å². The number of rotatable bonds is 5. The molecule has 1 aromatic carbocycles. The van der Waals surface area contributed by atoms with Gasteiger partial charge in [0, 0.05) is 37.8 Å². The second kappa shape index (κ2) is 8.12. The summed E-state index contributed by atoms with van der Waals surface area (Å²) in [6.45, 7) is 4.11. The Hall–Kier alpha value is -2.65. The third kappa shape index (κ3) is 3.99. The van der Waals surface area contributed by atoms with E-state index in [0.29, 0.717) is 38.0 Å². The molecule has 2 fully saturated rings. The fraction of sp³-hybridized carbons (Fsp3) is 0.455. The van der Waals surface area contributed by atoms with E-state index in [9.17, 15) is 8.42 Å². The Morgan fingerprint density at radius 1 is 0.903 bits per heavy atom. The van der Waals surface area contributed by atoms with Crippen molar-refractivity contribution in [1.29, 1.82) is 0 Å². The standard InChI is InChI=1S/C22H26N4O4S/c1-16-6-8-18(9-7-16)25-12-14-26(15-13-25)31(27,28)20-11-10-19(29-20)22-24-23-21(30-22)17-4-2-3-5-17/h6-11,17H,2-5,12-15H2,1H3. The highest BCUT2D eigenvalue weighted by molar-refractivity contribution is 7.89. The van der Waals surface area contributed by atoms with Crippen molar-refractivity contribution < 1.29 is 17.3 Å². The molecule has 0 radical (unpaired) electrons. The molecule has 8 nitrogen and oxygen atoms in total. The number of hydrogen-bond acceptors (Lipinski definition) is 7. The van der Waals surface area contributed by atoms with E-state index in [0.717, 1.165) is 18.5 Å². The van der Waals surface area contributed by atoms with E-state index in [-0.39, 0.29) is 16.7 Å². The number of piperazine rings is 1. The van der Waals surface area contributed by atoms with Gasteiger partial charge in [-0.05, 0) is 44.0 Å². The molecule has 0 N–H and O–H groups in total. The number of hydrogen-bond donors (Lipinski definition) is 0. The maximum absolute atomic E-state index is 13.1. The van der Waals surface area contributed by atoms with Gasteiger partial charge in [0.05, 0.1) is 0 Å². The zero-order chi connectivity index (χ0) is 21.4. The quantitative estimate of drug-likeness (QED) is 0.593. The van der Waals surface area contributed by atoms with Gasteiger partial charge in [0.25, 0.3) is 15.9 Å². The van der Waals surface area contributed by atoms with Crippen LogP contribution in [0.25, 0.3) is 11.7 Å². The molecule has 1 saturated carbocycles. The lowest BCUT2D eigenvalue weighted by Crippen LogP contribution is -2.48. The minimum Gasteiger partial charge on any atom is -0.438 e. The highest BCUT2D eigenvalue weighted by Gasteiger charge is 2.32. The van der Waals surface area contributed by atoms with Crippen molar-refractivity contribution in [3.05, 3.63) is 47.9 Å². The van der Waals surface area contributed by atoms with Crippen LogP contribution in [0.2, 0.25) is 0 Å². The van der Waals surface area contributed by atoms with Crippen molar-refractivity contribution in [2.75, 3.05) is 31.1 Å². The van der Waals surface area contributed by atoms with Crippen LogP contribution in [-0.2, 0) is 10.0 Å². The first-order valence-corrected chi connectivity index (χ1v) is 12.2. The average Bonchev–Trinajstić information content (AvgIpc) is 3.55. The molecule has 0 atom stereocenters. The van der Waals surface area contributed by atoms with E-state index >= 15 is 0 Å². The molecule has 2 aromatic heterocycles. The third-order valence-corrected chi connectivity index (χ3v) is 7.94. The average molecular weight is 443 g/mol. The maximum atomic E-state index is 13.1. The zero-order valence-electron chi connectivity index (χ0n) is 17.5. The van der Waals surface area contributed by atoms with Gasteiger partial charge in [-0.3, -0.25) is 0 Å².